The Balaban J connectivity index is 2.36. The molecule has 10 heteroatoms. The van der Waals surface area contributed by atoms with Gasteiger partial charge in [0.2, 0.25) is 5.50 Å². The van der Waals surface area contributed by atoms with Crippen molar-refractivity contribution < 1.29 is 28.3 Å². The summed E-state index contributed by atoms with van der Waals surface area (Å²) in [4.78, 5) is 23.7. The van der Waals surface area contributed by atoms with E-state index in [-0.39, 0.29) is 35.1 Å². The minimum Gasteiger partial charge on any atom is -0.456 e. The summed E-state index contributed by atoms with van der Waals surface area (Å²) in [6.45, 7) is 4.38. The van der Waals surface area contributed by atoms with Crippen molar-refractivity contribution >= 4 is 29.8 Å². The molecule has 0 fully saturated rings. The Labute approximate surface area is 161 Å². The molecule has 0 aliphatic heterocycles. The molecule has 0 radical (unpaired) electrons. The SMILES string of the molecule is CC(C)Cn1c(-c2ccoc2P(=O)(O)O)nc2c(N)c(F)cc(CCCO)c21. The number of nitrogens with two attached hydrogens (primary N) is 1. The minimum absolute atomic E-state index is 0.0528. The summed E-state index contributed by atoms with van der Waals surface area (Å²) in [5.74, 6) is -0.208. The van der Waals surface area contributed by atoms with Gasteiger partial charge in [0.05, 0.1) is 23.0 Å². The first-order valence-electron chi connectivity index (χ1n) is 8.87. The molecule has 0 aliphatic carbocycles. The van der Waals surface area contributed by atoms with E-state index in [0.29, 0.717) is 30.5 Å². The second-order valence-electron chi connectivity index (χ2n) is 7.08. The van der Waals surface area contributed by atoms with Crippen LogP contribution >= 0.6 is 7.60 Å². The Morgan fingerprint density at radius 2 is 2.11 bits per heavy atom. The van der Waals surface area contributed by atoms with Gasteiger partial charge in [0.15, 0.2) is 0 Å². The summed E-state index contributed by atoms with van der Waals surface area (Å²) < 4.78 is 33.0. The molecule has 152 valence electrons. The highest BCUT2D eigenvalue weighted by Crippen LogP contribution is 2.40. The van der Waals surface area contributed by atoms with E-state index in [1.807, 2.05) is 13.8 Å². The smallest absolute Gasteiger partial charge is 0.391 e. The maximum absolute atomic E-state index is 14.4. The molecule has 1 aromatic carbocycles. The third-order valence-electron chi connectivity index (χ3n) is 4.39. The Bertz CT molecular complexity index is 1050. The summed E-state index contributed by atoms with van der Waals surface area (Å²) in [7, 11) is -4.68. The van der Waals surface area contributed by atoms with Gasteiger partial charge < -0.3 is 29.6 Å². The lowest BCUT2D eigenvalue weighted by Crippen LogP contribution is -2.11. The summed E-state index contributed by atoms with van der Waals surface area (Å²) in [5, 5.41) is 9.18. The first-order valence-corrected chi connectivity index (χ1v) is 10.5. The predicted molar refractivity (Wildman–Crippen MR) is 104 cm³/mol. The molecule has 0 aliphatic rings. The van der Waals surface area contributed by atoms with Crippen LogP contribution in [-0.4, -0.2) is 31.1 Å². The molecule has 0 saturated heterocycles. The van der Waals surface area contributed by atoms with Gasteiger partial charge in [0.1, 0.15) is 17.2 Å². The third kappa shape index (κ3) is 3.71. The molecule has 8 nitrogen and oxygen atoms in total. The Kier molecular flexibility index (Phi) is 5.63. The number of nitrogens with zero attached hydrogens (tertiary/aromatic N) is 2. The van der Waals surface area contributed by atoms with E-state index in [0.717, 1.165) is 0 Å². The summed E-state index contributed by atoms with van der Waals surface area (Å²) in [6, 6.07) is 2.75. The summed E-state index contributed by atoms with van der Waals surface area (Å²) in [5.41, 5.74) is 6.87. The zero-order valence-corrected chi connectivity index (χ0v) is 16.5. The van der Waals surface area contributed by atoms with Gasteiger partial charge >= 0.3 is 7.60 Å². The van der Waals surface area contributed by atoms with Crippen molar-refractivity contribution in [3.8, 4) is 11.4 Å². The van der Waals surface area contributed by atoms with E-state index in [1.54, 1.807) is 4.57 Å². The minimum atomic E-state index is -4.68. The molecular formula is C18H23FN3O5P. The number of hydrogen-bond acceptors (Lipinski definition) is 5. The van der Waals surface area contributed by atoms with Crippen molar-refractivity contribution in [1.29, 1.82) is 0 Å². The van der Waals surface area contributed by atoms with E-state index in [1.165, 1.54) is 18.4 Å². The highest BCUT2D eigenvalue weighted by molar-refractivity contribution is 7.60. The largest absolute Gasteiger partial charge is 0.456 e. The monoisotopic (exact) mass is 411 g/mol. The zero-order chi connectivity index (χ0) is 20.6. The molecule has 3 aromatic rings. The van der Waals surface area contributed by atoms with Gasteiger partial charge in [-0.25, -0.2) is 9.37 Å². The summed E-state index contributed by atoms with van der Waals surface area (Å²) >= 11 is 0. The van der Waals surface area contributed by atoms with Crippen molar-refractivity contribution in [2.45, 2.75) is 33.2 Å². The van der Waals surface area contributed by atoms with Crippen LogP contribution in [0, 0.1) is 11.7 Å². The molecule has 28 heavy (non-hydrogen) atoms. The van der Waals surface area contributed by atoms with Crippen LogP contribution in [-0.2, 0) is 17.5 Å². The zero-order valence-electron chi connectivity index (χ0n) is 15.6. The van der Waals surface area contributed by atoms with Crippen LogP contribution in [0.25, 0.3) is 22.4 Å². The Morgan fingerprint density at radius 3 is 2.71 bits per heavy atom. The van der Waals surface area contributed by atoms with E-state index in [4.69, 9.17) is 10.2 Å². The maximum atomic E-state index is 14.4. The van der Waals surface area contributed by atoms with Crippen molar-refractivity contribution in [2.75, 3.05) is 12.3 Å². The van der Waals surface area contributed by atoms with Gasteiger partial charge in [-0.2, -0.15) is 0 Å². The van der Waals surface area contributed by atoms with Crippen molar-refractivity contribution in [3.05, 3.63) is 29.8 Å². The fraction of sp³-hybridized carbons (Fsp3) is 0.389. The van der Waals surface area contributed by atoms with E-state index >= 15 is 0 Å². The van der Waals surface area contributed by atoms with Gasteiger partial charge in [-0.05, 0) is 36.5 Å². The second-order valence-corrected chi connectivity index (χ2v) is 8.57. The molecule has 2 aromatic heterocycles. The number of furan rings is 1. The van der Waals surface area contributed by atoms with Crippen LogP contribution in [0.3, 0.4) is 0 Å². The lowest BCUT2D eigenvalue weighted by Gasteiger charge is -2.14. The molecule has 2 heterocycles. The van der Waals surface area contributed by atoms with Gasteiger partial charge in [-0.1, -0.05) is 13.8 Å². The molecule has 0 unspecified atom stereocenters. The number of nitrogen functional groups attached to an aromatic ring is 1. The number of anilines is 1. The van der Waals surface area contributed by atoms with Crippen LogP contribution < -0.4 is 11.2 Å². The fourth-order valence-electron chi connectivity index (χ4n) is 3.28. The average molecular weight is 411 g/mol. The molecule has 3 rings (SSSR count). The number of aryl methyl sites for hydroxylation is 1. The van der Waals surface area contributed by atoms with Crippen LogP contribution in [0.15, 0.2) is 22.8 Å². The van der Waals surface area contributed by atoms with Crippen molar-refractivity contribution in [3.63, 3.8) is 0 Å². The quantitative estimate of drug-likeness (QED) is 0.346. The molecule has 0 spiro atoms. The molecule has 5 N–H and O–H groups in total. The van der Waals surface area contributed by atoms with Crippen LogP contribution in [0.5, 0.6) is 0 Å². The topological polar surface area (TPSA) is 135 Å². The predicted octanol–water partition coefficient (Wildman–Crippen LogP) is 2.40. The standard InChI is InChI=1S/C18H23FN3O5P/c1-10(2)9-22-16-11(4-3-6-23)8-13(19)14(20)15(16)21-17(22)12-5-7-27-18(12)28(24,25)26/h5,7-8,10,23H,3-4,6,9,20H2,1-2H3,(H2,24,25,26). The number of benzene rings is 1. The Hall–Kier alpha value is -2.19. The van der Waals surface area contributed by atoms with Gasteiger partial charge in [0.25, 0.3) is 0 Å². The number of hydrogen-bond donors (Lipinski definition) is 4. The van der Waals surface area contributed by atoms with Gasteiger partial charge in [-0.15, -0.1) is 0 Å². The maximum Gasteiger partial charge on any atom is 0.391 e. The number of fused-ring (bicyclic) bond motifs is 1. The summed E-state index contributed by atoms with van der Waals surface area (Å²) in [6.07, 6.45) is 2.02. The highest BCUT2D eigenvalue weighted by atomic mass is 31.2. The first kappa shape index (κ1) is 20.5. The lowest BCUT2D eigenvalue weighted by molar-refractivity contribution is 0.288. The van der Waals surface area contributed by atoms with Crippen molar-refractivity contribution in [2.24, 2.45) is 5.92 Å². The normalized spacial score (nSPS) is 12.4. The molecular weight excluding hydrogens is 388 g/mol. The molecule has 0 saturated carbocycles. The third-order valence-corrected chi connectivity index (χ3v) is 5.26. The lowest BCUT2D eigenvalue weighted by atomic mass is 10.1. The number of aromatic nitrogens is 2. The number of aliphatic hydroxyl groups is 1. The fourth-order valence-corrected chi connectivity index (χ4v) is 3.97. The molecule has 0 atom stereocenters. The first-order chi connectivity index (χ1) is 13.1. The molecule has 0 bridgehead atoms. The van der Waals surface area contributed by atoms with Crippen LogP contribution in [0.4, 0.5) is 10.1 Å². The van der Waals surface area contributed by atoms with Crippen LogP contribution in [0.2, 0.25) is 0 Å². The van der Waals surface area contributed by atoms with Crippen molar-refractivity contribution in [1.82, 2.24) is 9.55 Å². The average Bonchev–Trinajstić information content (AvgIpc) is 3.21. The van der Waals surface area contributed by atoms with Gasteiger partial charge in [-0.3, -0.25) is 4.57 Å². The number of halogens is 1. The van der Waals surface area contributed by atoms with Crippen LogP contribution in [0.1, 0.15) is 25.8 Å². The van der Waals surface area contributed by atoms with E-state index in [2.05, 4.69) is 4.98 Å². The number of imidazole rings is 1. The second kappa shape index (κ2) is 7.67. The number of rotatable bonds is 7. The molecule has 0 amide bonds. The van der Waals surface area contributed by atoms with E-state index < -0.39 is 18.9 Å². The van der Waals surface area contributed by atoms with E-state index in [9.17, 15) is 23.8 Å². The number of aliphatic hydroxyl groups excluding tert-OH is 1. The van der Waals surface area contributed by atoms with Gasteiger partial charge in [0, 0.05) is 13.2 Å². The highest BCUT2D eigenvalue weighted by Gasteiger charge is 2.30. The Morgan fingerprint density at radius 1 is 1.39 bits per heavy atom.